The zero-order valence-corrected chi connectivity index (χ0v) is 19.1. The SMILES string of the molecule is O=C(NCC(c1cccs1)N1CCOCC1)c1ccccc1SC1CCS(=O)(=O)C1. The summed E-state index contributed by atoms with van der Waals surface area (Å²) in [6, 6.07) is 11.7. The van der Waals surface area contributed by atoms with Gasteiger partial charge in [0.05, 0.1) is 36.3 Å². The van der Waals surface area contributed by atoms with Crippen molar-refractivity contribution < 1.29 is 17.9 Å². The summed E-state index contributed by atoms with van der Waals surface area (Å²) in [5.41, 5.74) is 0.610. The van der Waals surface area contributed by atoms with Crippen LogP contribution in [0.1, 0.15) is 27.7 Å². The number of rotatable bonds is 7. The van der Waals surface area contributed by atoms with E-state index in [0.29, 0.717) is 31.7 Å². The zero-order valence-electron chi connectivity index (χ0n) is 16.7. The van der Waals surface area contributed by atoms with E-state index in [9.17, 15) is 13.2 Å². The number of nitrogens with zero attached hydrogens (tertiary/aromatic N) is 1. The first-order valence-corrected chi connectivity index (χ1v) is 13.7. The molecular weight excluding hydrogens is 440 g/mol. The molecule has 2 aliphatic rings. The number of amides is 1. The van der Waals surface area contributed by atoms with Gasteiger partial charge in [-0.05, 0) is 30.0 Å². The van der Waals surface area contributed by atoms with E-state index in [2.05, 4.69) is 21.7 Å². The molecule has 9 heteroatoms. The van der Waals surface area contributed by atoms with Crippen LogP contribution in [0.15, 0.2) is 46.7 Å². The normalized spacial score (nSPS) is 22.6. The first-order valence-electron chi connectivity index (χ1n) is 10.1. The Balaban J connectivity index is 1.44. The summed E-state index contributed by atoms with van der Waals surface area (Å²) in [6.07, 6.45) is 0.639. The van der Waals surface area contributed by atoms with Crippen LogP contribution in [-0.2, 0) is 14.6 Å². The first-order chi connectivity index (χ1) is 14.5. The number of thiophene rings is 1. The molecule has 0 radical (unpaired) electrons. The van der Waals surface area contributed by atoms with Crippen LogP contribution in [0, 0.1) is 0 Å². The van der Waals surface area contributed by atoms with Crippen molar-refractivity contribution in [3.8, 4) is 0 Å². The van der Waals surface area contributed by atoms with Crippen LogP contribution in [0.25, 0.3) is 0 Å². The Morgan fingerprint density at radius 2 is 2.03 bits per heavy atom. The monoisotopic (exact) mass is 466 g/mol. The van der Waals surface area contributed by atoms with Crippen LogP contribution in [0.4, 0.5) is 0 Å². The minimum absolute atomic E-state index is 0.0103. The van der Waals surface area contributed by atoms with Gasteiger partial charge >= 0.3 is 0 Å². The Hall–Kier alpha value is -1.39. The van der Waals surface area contributed by atoms with Gasteiger partial charge in [0.2, 0.25) is 0 Å². The van der Waals surface area contributed by atoms with Crippen molar-refractivity contribution in [2.24, 2.45) is 0 Å². The maximum atomic E-state index is 13.0. The van der Waals surface area contributed by atoms with E-state index in [1.54, 1.807) is 11.3 Å². The lowest BCUT2D eigenvalue weighted by Crippen LogP contribution is -2.43. The summed E-state index contributed by atoms with van der Waals surface area (Å²) in [7, 11) is -2.94. The summed E-state index contributed by atoms with van der Waals surface area (Å²) < 4.78 is 29.1. The Morgan fingerprint density at radius 1 is 1.23 bits per heavy atom. The fourth-order valence-corrected chi connectivity index (χ4v) is 8.34. The standard InChI is InChI=1S/C21H26N2O4S3/c24-21(17-4-1-2-5-19(17)29-16-7-13-30(25,26)15-16)22-14-18(20-6-3-12-28-20)23-8-10-27-11-9-23/h1-6,12,16,18H,7-11,13-15H2,(H,22,24). The van der Waals surface area contributed by atoms with Gasteiger partial charge in [0, 0.05) is 34.7 Å². The number of ether oxygens (including phenoxy) is 1. The highest BCUT2D eigenvalue weighted by Crippen LogP contribution is 2.33. The van der Waals surface area contributed by atoms with E-state index >= 15 is 0 Å². The number of carbonyl (C=O) groups excluding carboxylic acids is 1. The molecule has 2 unspecified atom stereocenters. The van der Waals surface area contributed by atoms with Crippen LogP contribution >= 0.6 is 23.1 Å². The minimum Gasteiger partial charge on any atom is -0.379 e. The van der Waals surface area contributed by atoms with Gasteiger partial charge in [-0.25, -0.2) is 8.42 Å². The van der Waals surface area contributed by atoms with Gasteiger partial charge in [0.1, 0.15) is 0 Å². The second kappa shape index (κ2) is 9.82. The van der Waals surface area contributed by atoms with E-state index in [1.807, 2.05) is 30.3 Å². The number of benzene rings is 1. The molecule has 6 nitrogen and oxygen atoms in total. The molecule has 30 heavy (non-hydrogen) atoms. The third-order valence-corrected chi connectivity index (χ3v) is 9.73. The van der Waals surface area contributed by atoms with Crippen LogP contribution in [-0.4, -0.2) is 68.8 Å². The molecule has 2 saturated heterocycles. The van der Waals surface area contributed by atoms with Crippen molar-refractivity contribution in [1.29, 1.82) is 0 Å². The molecule has 4 rings (SSSR count). The second-order valence-corrected chi connectivity index (χ2v) is 12.1. The third-order valence-electron chi connectivity index (χ3n) is 5.43. The fourth-order valence-electron chi connectivity index (χ4n) is 3.85. The summed E-state index contributed by atoms with van der Waals surface area (Å²) in [4.78, 5) is 17.5. The number of thioether (sulfide) groups is 1. The highest BCUT2D eigenvalue weighted by molar-refractivity contribution is 8.02. The van der Waals surface area contributed by atoms with Crippen molar-refractivity contribution >= 4 is 38.8 Å². The molecule has 1 aromatic carbocycles. The van der Waals surface area contributed by atoms with E-state index in [0.717, 1.165) is 18.0 Å². The Kier molecular flexibility index (Phi) is 7.15. The number of hydrogen-bond donors (Lipinski definition) is 1. The summed E-state index contributed by atoms with van der Waals surface area (Å²) >= 11 is 3.21. The van der Waals surface area contributed by atoms with Crippen LogP contribution in [0.2, 0.25) is 0 Å². The van der Waals surface area contributed by atoms with Gasteiger partial charge < -0.3 is 10.1 Å². The van der Waals surface area contributed by atoms with Crippen molar-refractivity contribution in [2.45, 2.75) is 22.6 Å². The quantitative estimate of drug-likeness (QED) is 0.676. The van der Waals surface area contributed by atoms with E-state index in [1.165, 1.54) is 16.6 Å². The smallest absolute Gasteiger partial charge is 0.252 e. The molecule has 2 aromatic rings. The summed E-state index contributed by atoms with van der Waals surface area (Å²) in [5.74, 6) is 0.306. The molecule has 0 spiro atoms. The molecule has 2 aliphatic heterocycles. The van der Waals surface area contributed by atoms with Crippen LogP contribution < -0.4 is 5.32 Å². The molecule has 2 atom stereocenters. The highest BCUT2D eigenvalue weighted by atomic mass is 32.2. The molecule has 1 N–H and O–H groups in total. The molecule has 1 aromatic heterocycles. The molecule has 0 aliphatic carbocycles. The predicted molar refractivity (Wildman–Crippen MR) is 121 cm³/mol. The van der Waals surface area contributed by atoms with Crippen molar-refractivity contribution in [1.82, 2.24) is 10.2 Å². The lowest BCUT2D eigenvalue weighted by atomic mass is 10.1. The summed E-state index contributed by atoms with van der Waals surface area (Å²) in [6.45, 7) is 3.64. The molecular formula is C21H26N2O4S3. The largest absolute Gasteiger partial charge is 0.379 e. The Bertz CT molecular complexity index is 956. The highest BCUT2D eigenvalue weighted by Gasteiger charge is 2.30. The topological polar surface area (TPSA) is 75.7 Å². The van der Waals surface area contributed by atoms with E-state index < -0.39 is 9.84 Å². The number of sulfone groups is 1. The van der Waals surface area contributed by atoms with Crippen LogP contribution in [0.5, 0.6) is 0 Å². The average molecular weight is 467 g/mol. The predicted octanol–water partition coefficient (Wildman–Crippen LogP) is 2.83. The van der Waals surface area contributed by atoms with E-state index in [-0.39, 0.29) is 28.7 Å². The third kappa shape index (κ3) is 5.45. The minimum atomic E-state index is -2.94. The van der Waals surface area contributed by atoms with Crippen LogP contribution in [0.3, 0.4) is 0 Å². The molecule has 2 fully saturated rings. The zero-order chi connectivity index (χ0) is 21.0. The maximum absolute atomic E-state index is 13.0. The van der Waals surface area contributed by atoms with Gasteiger partial charge in [-0.3, -0.25) is 9.69 Å². The lowest BCUT2D eigenvalue weighted by Gasteiger charge is -2.34. The van der Waals surface area contributed by atoms with Crippen molar-refractivity contribution in [3.63, 3.8) is 0 Å². The maximum Gasteiger partial charge on any atom is 0.252 e. The Labute approximate surface area is 185 Å². The molecule has 162 valence electrons. The molecule has 1 amide bonds. The van der Waals surface area contributed by atoms with Crippen molar-refractivity contribution in [2.75, 3.05) is 44.4 Å². The summed E-state index contributed by atoms with van der Waals surface area (Å²) in [5, 5.41) is 5.19. The molecule has 0 saturated carbocycles. The number of morpholine rings is 1. The van der Waals surface area contributed by atoms with Gasteiger partial charge in [-0.15, -0.1) is 23.1 Å². The number of hydrogen-bond acceptors (Lipinski definition) is 7. The van der Waals surface area contributed by atoms with Gasteiger partial charge in [0.25, 0.3) is 5.91 Å². The van der Waals surface area contributed by atoms with Gasteiger partial charge in [-0.2, -0.15) is 0 Å². The lowest BCUT2D eigenvalue weighted by molar-refractivity contribution is 0.0169. The molecule has 0 bridgehead atoms. The number of nitrogens with one attached hydrogen (secondary N) is 1. The van der Waals surface area contributed by atoms with E-state index in [4.69, 9.17) is 4.74 Å². The first kappa shape index (κ1) is 21.8. The second-order valence-electron chi connectivity index (χ2n) is 7.53. The van der Waals surface area contributed by atoms with Gasteiger partial charge in [-0.1, -0.05) is 18.2 Å². The van der Waals surface area contributed by atoms with Gasteiger partial charge in [0.15, 0.2) is 9.84 Å². The Morgan fingerprint density at radius 3 is 2.73 bits per heavy atom. The number of carbonyl (C=O) groups is 1. The van der Waals surface area contributed by atoms with Crippen molar-refractivity contribution in [3.05, 3.63) is 52.2 Å². The fraction of sp³-hybridized carbons (Fsp3) is 0.476. The average Bonchev–Trinajstić information content (AvgIpc) is 3.39. The molecule has 3 heterocycles.